The number of isocyanates is 1. The van der Waals surface area contributed by atoms with Gasteiger partial charge in [0.25, 0.3) is 0 Å². The average Bonchev–Trinajstić information content (AvgIpc) is 3.03. The van der Waals surface area contributed by atoms with Crippen LogP contribution in [0, 0.1) is 0 Å². The lowest BCUT2D eigenvalue weighted by atomic mass is 9.98. The molecule has 1 amide bonds. The van der Waals surface area contributed by atoms with Gasteiger partial charge in [-0.15, -0.1) is 0 Å². The first-order valence-electron chi connectivity index (χ1n) is 10.2. The summed E-state index contributed by atoms with van der Waals surface area (Å²) in [7, 11) is 0. The highest BCUT2D eigenvalue weighted by Crippen LogP contribution is 2.44. The normalized spacial score (nSPS) is 13.4. The first-order chi connectivity index (χ1) is 14.8. The van der Waals surface area contributed by atoms with Crippen LogP contribution in [0.5, 0.6) is 0 Å². The molecule has 7 nitrogen and oxygen atoms in total. The van der Waals surface area contributed by atoms with Crippen molar-refractivity contribution in [1.29, 1.82) is 0 Å². The third-order valence-electron chi connectivity index (χ3n) is 4.88. The number of nitrogens with one attached hydrogen (secondary N) is 1. The smallest absolute Gasteiger partial charge is 0.408 e. The lowest BCUT2D eigenvalue weighted by Crippen LogP contribution is -2.35. The molecule has 1 aliphatic carbocycles. The summed E-state index contributed by atoms with van der Waals surface area (Å²) in [5.74, 6) is -0.513. The molecule has 0 saturated carbocycles. The highest BCUT2D eigenvalue weighted by molar-refractivity contribution is 5.79. The van der Waals surface area contributed by atoms with E-state index >= 15 is 0 Å². The van der Waals surface area contributed by atoms with Gasteiger partial charge in [-0.3, -0.25) is 10.1 Å². The number of esters is 1. The summed E-state index contributed by atoms with van der Waals surface area (Å²) in [4.78, 5) is 38.5. The number of nitrogens with zero attached hydrogens (tertiary/aromatic N) is 1. The second-order valence-corrected chi connectivity index (χ2v) is 8.33. The molecule has 0 unspecified atom stereocenters. The van der Waals surface area contributed by atoms with E-state index in [4.69, 9.17) is 9.47 Å². The highest BCUT2D eigenvalue weighted by Gasteiger charge is 2.29. The van der Waals surface area contributed by atoms with Crippen LogP contribution in [0.4, 0.5) is 4.79 Å². The number of carbonyl (C=O) groups excluding carboxylic acids is 3. The van der Waals surface area contributed by atoms with Gasteiger partial charge in [0, 0.05) is 12.3 Å². The summed E-state index contributed by atoms with van der Waals surface area (Å²) >= 11 is 0. The molecule has 0 heterocycles. The molecule has 0 aliphatic heterocycles. The van der Waals surface area contributed by atoms with Crippen LogP contribution < -0.4 is 5.32 Å². The number of aliphatic imine (C=N–C) groups is 1. The zero-order valence-electron chi connectivity index (χ0n) is 17.9. The second-order valence-electron chi connectivity index (χ2n) is 8.33. The third kappa shape index (κ3) is 5.80. The molecule has 1 N–H and O–H groups in total. The fourth-order valence-corrected chi connectivity index (χ4v) is 3.66. The van der Waals surface area contributed by atoms with E-state index in [1.165, 1.54) is 6.08 Å². The third-order valence-corrected chi connectivity index (χ3v) is 4.88. The van der Waals surface area contributed by atoms with Gasteiger partial charge in [-0.25, -0.2) is 9.59 Å². The fourth-order valence-electron chi connectivity index (χ4n) is 3.66. The molecule has 2 aromatic rings. The van der Waals surface area contributed by atoms with E-state index in [1.54, 1.807) is 20.8 Å². The van der Waals surface area contributed by atoms with Crippen molar-refractivity contribution in [3.63, 3.8) is 0 Å². The Labute approximate surface area is 181 Å². The summed E-state index contributed by atoms with van der Waals surface area (Å²) in [6.45, 7) is 5.44. The van der Waals surface area contributed by atoms with Crippen molar-refractivity contribution in [3.8, 4) is 11.1 Å². The first-order valence-corrected chi connectivity index (χ1v) is 10.2. The van der Waals surface area contributed by atoms with Crippen molar-refractivity contribution in [2.24, 2.45) is 4.99 Å². The van der Waals surface area contributed by atoms with E-state index < -0.39 is 23.8 Å². The minimum Gasteiger partial charge on any atom is -0.460 e. The van der Waals surface area contributed by atoms with Gasteiger partial charge in [0.2, 0.25) is 6.08 Å². The maximum Gasteiger partial charge on any atom is 0.408 e. The Hall–Kier alpha value is -3.44. The molecule has 162 valence electrons. The van der Waals surface area contributed by atoms with Gasteiger partial charge < -0.3 is 9.47 Å². The number of fused-ring (bicyclic) bond motifs is 3. The molecular weight excluding hydrogens is 396 g/mol. The Kier molecular flexibility index (Phi) is 6.88. The summed E-state index contributed by atoms with van der Waals surface area (Å²) < 4.78 is 10.7. The van der Waals surface area contributed by atoms with Crippen molar-refractivity contribution in [2.45, 2.75) is 51.3 Å². The number of carbonyl (C=O) groups is 2. The van der Waals surface area contributed by atoms with Gasteiger partial charge in [-0.05, 0) is 49.4 Å². The minimum atomic E-state index is -0.916. The van der Waals surface area contributed by atoms with E-state index in [9.17, 15) is 14.4 Å². The van der Waals surface area contributed by atoms with Crippen LogP contribution >= 0.6 is 0 Å². The van der Waals surface area contributed by atoms with Crippen LogP contribution in [0.25, 0.3) is 11.1 Å². The van der Waals surface area contributed by atoms with Crippen molar-refractivity contribution < 1.29 is 23.9 Å². The molecule has 31 heavy (non-hydrogen) atoms. The fraction of sp³-hybridized carbons (Fsp3) is 0.375. The molecular formula is C24H26N2O5. The zero-order chi connectivity index (χ0) is 22.4. The van der Waals surface area contributed by atoms with Crippen molar-refractivity contribution >= 4 is 18.1 Å². The maximum absolute atomic E-state index is 12.3. The average molecular weight is 422 g/mol. The Bertz CT molecular complexity index is 960. The number of amides is 1. The molecule has 1 aliphatic rings. The Morgan fingerprint density at radius 1 is 1.06 bits per heavy atom. The Morgan fingerprint density at radius 3 is 2.19 bits per heavy atom. The van der Waals surface area contributed by atoms with Crippen LogP contribution in [0.15, 0.2) is 53.5 Å². The number of hydrogen-bond donors (Lipinski definition) is 1. The van der Waals surface area contributed by atoms with Gasteiger partial charge in [0.15, 0.2) is 0 Å². The molecule has 2 aromatic carbocycles. The van der Waals surface area contributed by atoms with Crippen LogP contribution in [0.3, 0.4) is 0 Å². The lowest BCUT2D eigenvalue weighted by Gasteiger charge is -2.20. The number of rotatable bonds is 7. The minimum absolute atomic E-state index is 0.00320. The first kappa shape index (κ1) is 22.2. The predicted molar refractivity (Wildman–Crippen MR) is 115 cm³/mol. The van der Waals surface area contributed by atoms with Crippen LogP contribution in [0.1, 0.15) is 50.7 Å². The van der Waals surface area contributed by atoms with E-state index in [-0.39, 0.29) is 25.4 Å². The van der Waals surface area contributed by atoms with E-state index in [1.807, 2.05) is 36.4 Å². The molecule has 0 aromatic heterocycles. The second kappa shape index (κ2) is 9.58. The van der Waals surface area contributed by atoms with Crippen LogP contribution in [-0.4, -0.2) is 36.5 Å². The van der Waals surface area contributed by atoms with Gasteiger partial charge in [-0.2, -0.15) is 4.99 Å². The lowest BCUT2D eigenvalue weighted by molar-refractivity contribution is -0.155. The quantitative estimate of drug-likeness (QED) is 0.408. The predicted octanol–water partition coefficient (Wildman–Crippen LogP) is 4.31. The van der Waals surface area contributed by atoms with Crippen LogP contribution in [0.2, 0.25) is 0 Å². The Balaban J connectivity index is 1.58. The number of benzene rings is 2. The van der Waals surface area contributed by atoms with Gasteiger partial charge >= 0.3 is 12.1 Å². The summed E-state index contributed by atoms with van der Waals surface area (Å²) in [6.07, 6.45) is -0.106. The SMILES string of the molecule is CC(C)(C)OC(=O)CC[C@@H](N=C=O)NC(=O)OCC1c2ccccc2-c2ccccc21. The molecule has 0 fully saturated rings. The number of hydrogen-bond acceptors (Lipinski definition) is 6. The number of alkyl carbamates (subject to hydrolysis) is 1. The standard InChI is InChI=1S/C24H26N2O5/c1-24(2,3)31-22(28)13-12-21(25-15-27)26-23(29)30-14-20-18-10-6-4-8-16(18)17-9-5-7-11-19(17)20/h4-11,20-21H,12-14H2,1-3H3,(H,26,29)/t21-/m0/s1. The summed E-state index contributed by atoms with van der Waals surface area (Å²) in [5.41, 5.74) is 3.86. The molecule has 3 rings (SSSR count). The van der Waals surface area contributed by atoms with E-state index in [0.29, 0.717) is 0 Å². The topological polar surface area (TPSA) is 94.1 Å². The van der Waals surface area contributed by atoms with Crippen molar-refractivity contribution in [1.82, 2.24) is 5.32 Å². The monoisotopic (exact) mass is 422 g/mol. The van der Waals surface area contributed by atoms with Crippen molar-refractivity contribution in [3.05, 3.63) is 59.7 Å². The molecule has 0 radical (unpaired) electrons. The largest absolute Gasteiger partial charge is 0.460 e. The van der Waals surface area contributed by atoms with Gasteiger partial charge in [0.1, 0.15) is 18.4 Å². The molecule has 0 bridgehead atoms. The zero-order valence-corrected chi connectivity index (χ0v) is 17.9. The highest BCUT2D eigenvalue weighted by atomic mass is 16.6. The summed E-state index contributed by atoms with van der Waals surface area (Å²) in [5, 5.41) is 2.51. The Morgan fingerprint density at radius 2 is 1.65 bits per heavy atom. The maximum atomic E-state index is 12.3. The number of ether oxygens (including phenoxy) is 2. The molecule has 7 heteroatoms. The van der Waals surface area contributed by atoms with Crippen molar-refractivity contribution in [2.75, 3.05) is 6.61 Å². The van der Waals surface area contributed by atoms with E-state index in [2.05, 4.69) is 22.4 Å². The van der Waals surface area contributed by atoms with E-state index in [0.717, 1.165) is 22.3 Å². The molecule has 1 atom stereocenters. The molecule has 0 spiro atoms. The van der Waals surface area contributed by atoms with Gasteiger partial charge in [0.05, 0.1) is 0 Å². The summed E-state index contributed by atoms with van der Waals surface area (Å²) in [6, 6.07) is 16.1. The molecule has 0 saturated heterocycles. The van der Waals surface area contributed by atoms with Crippen LogP contribution in [-0.2, 0) is 19.1 Å². The van der Waals surface area contributed by atoms with Gasteiger partial charge in [-0.1, -0.05) is 48.5 Å².